The van der Waals surface area contributed by atoms with Gasteiger partial charge >= 0.3 is 5.97 Å². The van der Waals surface area contributed by atoms with Crippen LogP contribution in [0.15, 0.2) is 77.0 Å². The van der Waals surface area contributed by atoms with E-state index in [4.69, 9.17) is 29.0 Å². The van der Waals surface area contributed by atoms with E-state index in [2.05, 4.69) is 9.72 Å². The minimum atomic E-state index is -2.99. The van der Waals surface area contributed by atoms with Gasteiger partial charge in [-0.3, -0.25) is 0 Å². The van der Waals surface area contributed by atoms with Crippen LogP contribution in [0.2, 0.25) is 0 Å². The number of carbonyl (C=O) groups is 1. The zero-order chi connectivity index (χ0) is 34.8. The monoisotopic (exact) mass is 501 g/mol. The van der Waals surface area contributed by atoms with Crippen LogP contribution in [0.4, 0.5) is 6.01 Å². The van der Waals surface area contributed by atoms with Gasteiger partial charge in [-0.25, -0.2) is 4.79 Å². The fourth-order valence-electron chi connectivity index (χ4n) is 3.29. The SMILES string of the molecule is [2H]c1c([2H])c(OC([2H])([2H])[2H])c([2H])c([2H])c1OCCCN(Cc1cccc(O[C@H](CC)C(=O)O)c1)c1nc2c([2H])c([2H])c([2H])c([2H])c2o1. The molecule has 0 unspecified atom stereocenters. The summed E-state index contributed by atoms with van der Waals surface area (Å²) in [6, 6.07) is 2.10. The molecule has 8 heteroatoms. The Morgan fingerprint density at radius 1 is 1.17 bits per heavy atom. The van der Waals surface area contributed by atoms with Crippen LogP contribution in [0.3, 0.4) is 0 Å². The summed E-state index contributed by atoms with van der Waals surface area (Å²) >= 11 is 0. The molecular weight excluding hydrogens is 460 g/mol. The van der Waals surface area contributed by atoms with Crippen LogP contribution in [0, 0.1) is 0 Å². The summed E-state index contributed by atoms with van der Waals surface area (Å²) in [7, 11) is -2.99. The molecule has 188 valence electrons. The number of ether oxygens (including phenoxy) is 3. The predicted octanol–water partition coefficient (Wildman–Crippen LogP) is 5.55. The van der Waals surface area contributed by atoms with Gasteiger partial charge in [0, 0.05) is 13.1 Å². The second kappa shape index (κ2) is 12.0. The largest absolute Gasteiger partial charge is 0.497 e. The highest BCUT2D eigenvalue weighted by atomic mass is 16.5. The highest BCUT2D eigenvalue weighted by Crippen LogP contribution is 2.25. The maximum atomic E-state index is 11.5. The number of benzene rings is 3. The number of carboxylic acid groups (broad SMARTS) is 1. The van der Waals surface area contributed by atoms with Gasteiger partial charge in [0.2, 0.25) is 0 Å². The first-order valence-electron chi connectivity index (χ1n) is 16.6. The van der Waals surface area contributed by atoms with Crippen LogP contribution < -0.4 is 19.1 Å². The van der Waals surface area contributed by atoms with Gasteiger partial charge in [-0.1, -0.05) is 31.1 Å². The molecule has 1 aromatic heterocycles. The van der Waals surface area contributed by atoms with Gasteiger partial charge in [-0.05, 0) is 66.8 Å². The standard InChI is InChI=1S/C28H30N2O6/c1-3-25(27(31)32)35-23-9-6-8-20(18-23)19-30(28-29-24-10-4-5-11-26(24)36-28)16-7-17-34-22-14-12-21(33-2)13-15-22/h4-6,8-15,18,25H,3,7,16-17,19H2,1-2H3,(H,31,32)/t25-/m1/s1/i2D3,4D,5D,10D,11D,12D,13D,14D,15D. The fourth-order valence-corrected chi connectivity index (χ4v) is 3.29. The van der Waals surface area contributed by atoms with Crippen molar-refractivity contribution in [2.45, 2.75) is 32.4 Å². The fraction of sp³-hybridized carbons (Fsp3) is 0.286. The van der Waals surface area contributed by atoms with Gasteiger partial charge < -0.3 is 28.6 Å². The molecular formula is C28H30N2O6. The molecule has 0 amide bonds. The smallest absolute Gasteiger partial charge is 0.344 e. The van der Waals surface area contributed by atoms with Crippen LogP contribution in [0.1, 0.15) is 40.4 Å². The Kier molecular flexibility index (Phi) is 4.78. The van der Waals surface area contributed by atoms with Crippen molar-refractivity contribution in [2.24, 2.45) is 0 Å². The van der Waals surface area contributed by atoms with Crippen LogP contribution >= 0.6 is 0 Å². The Labute approximate surface area is 225 Å². The predicted molar refractivity (Wildman–Crippen MR) is 137 cm³/mol. The number of hydrogen-bond donors (Lipinski definition) is 1. The number of aliphatic carboxylic acids is 1. The number of carboxylic acids is 1. The van der Waals surface area contributed by atoms with Crippen LogP contribution in [0.25, 0.3) is 11.1 Å². The van der Waals surface area contributed by atoms with Gasteiger partial charge in [-0.15, -0.1) is 0 Å². The number of aromatic nitrogens is 1. The zero-order valence-corrected chi connectivity index (χ0v) is 19.3. The van der Waals surface area contributed by atoms with Crippen LogP contribution in [-0.4, -0.2) is 42.4 Å². The summed E-state index contributed by atoms with van der Waals surface area (Å²) < 4.78 is 108. The van der Waals surface area contributed by atoms with E-state index in [0.29, 0.717) is 11.3 Å². The lowest BCUT2D eigenvalue weighted by Crippen LogP contribution is -2.27. The molecule has 36 heavy (non-hydrogen) atoms. The third-order valence-corrected chi connectivity index (χ3v) is 5.00. The molecule has 0 spiro atoms. The topological polar surface area (TPSA) is 94.3 Å². The first-order valence-corrected chi connectivity index (χ1v) is 11.1. The molecule has 0 saturated carbocycles. The van der Waals surface area contributed by atoms with E-state index < -0.39 is 72.9 Å². The molecule has 0 saturated heterocycles. The van der Waals surface area contributed by atoms with Crippen LogP contribution in [0.5, 0.6) is 17.2 Å². The normalized spacial score (nSPS) is 16.4. The average Bonchev–Trinajstić information content (AvgIpc) is 3.47. The number of fused-ring (bicyclic) bond motifs is 1. The molecule has 4 rings (SSSR count). The Morgan fingerprint density at radius 3 is 2.75 bits per heavy atom. The van der Waals surface area contributed by atoms with Crippen molar-refractivity contribution in [1.29, 1.82) is 0 Å². The van der Waals surface area contributed by atoms with Crippen molar-refractivity contribution >= 4 is 23.1 Å². The van der Waals surface area contributed by atoms with Gasteiger partial charge in [0.15, 0.2) is 11.7 Å². The lowest BCUT2D eigenvalue weighted by atomic mass is 10.2. The van der Waals surface area contributed by atoms with Gasteiger partial charge in [0.25, 0.3) is 6.01 Å². The third kappa shape index (κ3) is 6.47. The molecule has 4 aromatic rings. The molecule has 0 bridgehead atoms. The number of rotatable bonds is 13. The molecule has 1 atom stereocenters. The first-order chi connectivity index (χ1) is 22.0. The summed E-state index contributed by atoms with van der Waals surface area (Å²) in [4.78, 5) is 17.4. The maximum absolute atomic E-state index is 11.5. The minimum Gasteiger partial charge on any atom is -0.497 e. The number of oxazole rings is 1. The second-order valence-corrected chi connectivity index (χ2v) is 7.56. The maximum Gasteiger partial charge on any atom is 0.344 e. The van der Waals surface area contributed by atoms with Crippen molar-refractivity contribution < 1.29 is 43.6 Å². The number of methoxy groups -OCH3 is 1. The molecule has 0 aliphatic rings. The lowest BCUT2D eigenvalue weighted by Gasteiger charge is -2.21. The zero-order valence-electron chi connectivity index (χ0n) is 30.3. The molecule has 1 N–H and O–H groups in total. The number of nitrogens with zero attached hydrogens (tertiary/aromatic N) is 2. The van der Waals surface area contributed by atoms with Crippen molar-refractivity contribution in [1.82, 2.24) is 4.98 Å². The summed E-state index contributed by atoms with van der Waals surface area (Å²) in [5, 5.41) is 9.38. The highest BCUT2D eigenvalue weighted by molar-refractivity contribution is 5.74. The van der Waals surface area contributed by atoms with Crippen LogP contribution in [-0.2, 0) is 11.3 Å². The Morgan fingerprint density at radius 2 is 1.97 bits per heavy atom. The lowest BCUT2D eigenvalue weighted by molar-refractivity contribution is -0.145. The van der Waals surface area contributed by atoms with Gasteiger partial charge in [-0.2, -0.15) is 4.98 Å². The molecule has 8 nitrogen and oxygen atoms in total. The third-order valence-electron chi connectivity index (χ3n) is 5.00. The van der Waals surface area contributed by atoms with Gasteiger partial charge in [0.05, 0.1) is 28.7 Å². The molecule has 1 heterocycles. The van der Waals surface area contributed by atoms with Crippen molar-refractivity contribution in [3.8, 4) is 17.2 Å². The summed E-state index contributed by atoms with van der Waals surface area (Å²) in [6.07, 6.45) is -0.659. The van der Waals surface area contributed by atoms with E-state index in [1.807, 2.05) is 0 Å². The van der Waals surface area contributed by atoms with Crippen molar-refractivity contribution in [3.63, 3.8) is 0 Å². The summed E-state index contributed by atoms with van der Waals surface area (Å²) in [5.74, 6) is -1.97. The van der Waals surface area contributed by atoms with E-state index in [1.165, 1.54) is 0 Å². The Hall–Kier alpha value is -4.20. The number of anilines is 1. The second-order valence-electron chi connectivity index (χ2n) is 7.56. The Bertz CT molecular complexity index is 1720. The quantitative estimate of drug-likeness (QED) is 0.238. The van der Waals surface area contributed by atoms with E-state index in [9.17, 15) is 9.90 Å². The molecule has 0 aliphatic heterocycles. The van der Waals surface area contributed by atoms with Crippen molar-refractivity contribution in [2.75, 3.05) is 25.1 Å². The van der Waals surface area contributed by atoms with E-state index in [-0.39, 0.29) is 55.7 Å². The molecule has 0 aliphatic carbocycles. The van der Waals surface area contributed by atoms with E-state index >= 15 is 0 Å². The average molecular weight is 502 g/mol. The summed E-state index contributed by atoms with van der Waals surface area (Å²) in [6.45, 7) is 1.75. The Balaban J connectivity index is 1.61. The minimum absolute atomic E-state index is 0.0503. The molecule has 0 radical (unpaired) electrons. The first kappa shape index (κ1) is 14.4. The van der Waals surface area contributed by atoms with Crippen molar-refractivity contribution in [3.05, 3.63) is 78.2 Å². The molecule has 0 fully saturated rings. The number of para-hydroxylation sites is 2. The number of hydrogen-bond acceptors (Lipinski definition) is 7. The molecule has 3 aromatic carbocycles. The summed E-state index contributed by atoms with van der Waals surface area (Å²) in [5.41, 5.74) is 0.397. The van der Waals surface area contributed by atoms with E-state index in [0.717, 1.165) is 0 Å². The highest BCUT2D eigenvalue weighted by Gasteiger charge is 2.18. The van der Waals surface area contributed by atoms with E-state index in [1.54, 1.807) is 36.1 Å². The van der Waals surface area contributed by atoms with Gasteiger partial charge in [0.1, 0.15) is 22.8 Å².